The van der Waals surface area contributed by atoms with Crippen LogP contribution in [0.4, 0.5) is 5.69 Å². The third-order valence-corrected chi connectivity index (χ3v) is 4.48. The second-order valence-corrected chi connectivity index (χ2v) is 7.35. The van der Waals surface area contributed by atoms with Crippen LogP contribution in [0, 0.1) is 0 Å². The maximum atomic E-state index is 12.6. The molecule has 9 heteroatoms. The number of carbonyl (C=O) groups excluding carboxylic acids is 2. The summed E-state index contributed by atoms with van der Waals surface area (Å²) in [4.78, 5) is 28.7. The fourth-order valence-corrected chi connectivity index (χ4v) is 3.21. The van der Waals surface area contributed by atoms with Crippen LogP contribution < -0.4 is 32.5 Å². The van der Waals surface area contributed by atoms with Crippen molar-refractivity contribution in [2.75, 3.05) is 57.8 Å². The van der Waals surface area contributed by atoms with E-state index in [-0.39, 0.29) is 30.3 Å². The lowest BCUT2D eigenvalue weighted by atomic mass is 10.2. The van der Waals surface area contributed by atoms with E-state index in [2.05, 4.69) is 20.4 Å². The molecule has 2 amide bonds. The maximum absolute atomic E-state index is 12.6. The van der Waals surface area contributed by atoms with Crippen LogP contribution in [-0.4, -0.2) is 80.1 Å². The first kappa shape index (κ1) is 26.0. The van der Waals surface area contributed by atoms with Crippen molar-refractivity contribution < 1.29 is 31.5 Å². The normalized spacial score (nSPS) is 14.7. The van der Waals surface area contributed by atoms with Gasteiger partial charge in [-0.3, -0.25) is 19.4 Å². The number of halogens is 1. The summed E-state index contributed by atoms with van der Waals surface area (Å²) in [6, 6.07) is 5.58. The topological polar surface area (TPSA) is 83.1 Å². The van der Waals surface area contributed by atoms with E-state index in [1.165, 1.54) is 0 Å². The number of nitrogens with one attached hydrogen (secondary N) is 2. The molecule has 1 aliphatic rings. The van der Waals surface area contributed by atoms with Crippen molar-refractivity contribution in [2.24, 2.45) is 0 Å². The van der Waals surface area contributed by atoms with Crippen LogP contribution in [0.15, 0.2) is 18.2 Å². The van der Waals surface area contributed by atoms with E-state index in [0.29, 0.717) is 43.5 Å². The summed E-state index contributed by atoms with van der Waals surface area (Å²) in [5, 5.41) is 5.85. The summed E-state index contributed by atoms with van der Waals surface area (Å²) < 4.78 is 11.1. The largest absolute Gasteiger partial charge is 1.00 e. The molecule has 30 heavy (non-hydrogen) atoms. The molecule has 0 spiro atoms. The molecule has 8 nitrogen and oxygen atoms in total. The van der Waals surface area contributed by atoms with Gasteiger partial charge in [-0.15, -0.1) is 0 Å². The lowest BCUT2D eigenvalue weighted by molar-refractivity contribution is -0.124. The van der Waals surface area contributed by atoms with Gasteiger partial charge in [0.05, 0.1) is 32.0 Å². The molecule has 0 unspecified atom stereocenters. The Morgan fingerprint density at radius 3 is 2.07 bits per heavy atom. The summed E-state index contributed by atoms with van der Waals surface area (Å²) in [6.45, 7) is 12.5. The van der Waals surface area contributed by atoms with Crippen molar-refractivity contribution in [2.45, 2.75) is 33.7 Å². The zero-order chi connectivity index (χ0) is 21.2. The van der Waals surface area contributed by atoms with Gasteiger partial charge in [0, 0.05) is 38.3 Å². The summed E-state index contributed by atoms with van der Waals surface area (Å²) in [5.41, 5.74) is 0.617. The minimum Gasteiger partial charge on any atom is -1.00 e. The van der Waals surface area contributed by atoms with Gasteiger partial charge in [-0.2, -0.15) is 0 Å². The SMILES string of the molecule is CCOc1ccc(OCC)c(NC(=O)CN2CCN(CC(=O)NC(C)C)CC2)c1.[Cl-]. The number of nitrogens with zero attached hydrogens (tertiary/aromatic N) is 2. The highest BCUT2D eigenvalue weighted by molar-refractivity contribution is 5.94. The molecule has 0 saturated carbocycles. The molecule has 1 aliphatic heterocycles. The number of rotatable bonds is 10. The number of piperazine rings is 1. The Hall–Kier alpha value is -2.03. The van der Waals surface area contributed by atoms with E-state index >= 15 is 0 Å². The van der Waals surface area contributed by atoms with E-state index in [9.17, 15) is 9.59 Å². The summed E-state index contributed by atoms with van der Waals surface area (Å²) in [7, 11) is 0. The second kappa shape index (κ2) is 13.3. The fraction of sp³-hybridized carbons (Fsp3) is 0.619. The second-order valence-electron chi connectivity index (χ2n) is 7.35. The van der Waals surface area contributed by atoms with Crippen molar-refractivity contribution in [1.82, 2.24) is 15.1 Å². The number of amides is 2. The molecule has 0 atom stereocenters. The average molecular weight is 442 g/mol. The van der Waals surface area contributed by atoms with Crippen LogP contribution in [0.3, 0.4) is 0 Å². The van der Waals surface area contributed by atoms with Crippen molar-refractivity contribution >= 4 is 17.5 Å². The minimum atomic E-state index is -0.0920. The van der Waals surface area contributed by atoms with E-state index < -0.39 is 0 Å². The zero-order valence-electron chi connectivity index (χ0n) is 18.4. The van der Waals surface area contributed by atoms with E-state index in [0.717, 1.165) is 26.2 Å². The van der Waals surface area contributed by atoms with Gasteiger partial charge in [0.25, 0.3) is 0 Å². The van der Waals surface area contributed by atoms with Gasteiger partial charge < -0.3 is 32.5 Å². The Labute approximate surface area is 185 Å². The summed E-state index contributed by atoms with van der Waals surface area (Å²) in [5.74, 6) is 1.28. The van der Waals surface area contributed by atoms with Crippen LogP contribution in [0.1, 0.15) is 27.7 Å². The highest BCUT2D eigenvalue weighted by atomic mass is 35.5. The predicted molar refractivity (Wildman–Crippen MR) is 114 cm³/mol. The first-order valence-electron chi connectivity index (χ1n) is 10.3. The molecule has 170 valence electrons. The molecule has 1 heterocycles. The molecule has 2 rings (SSSR count). The lowest BCUT2D eigenvalue weighted by Gasteiger charge is -2.34. The van der Waals surface area contributed by atoms with Gasteiger partial charge in [-0.05, 0) is 39.8 Å². The molecular weight excluding hydrogens is 408 g/mol. The lowest BCUT2D eigenvalue weighted by Crippen LogP contribution is -3.00. The van der Waals surface area contributed by atoms with Crippen LogP contribution in [-0.2, 0) is 9.59 Å². The highest BCUT2D eigenvalue weighted by Gasteiger charge is 2.21. The summed E-state index contributed by atoms with van der Waals surface area (Å²) in [6.07, 6.45) is 0. The predicted octanol–water partition coefficient (Wildman–Crippen LogP) is -1.43. The van der Waals surface area contributed by atoms with Crippen LogP contribution >= 0.6 is 0 Å². The highest BCUT2D eigenvalue weighted by Crippen LogP contribution is 2.29. The first-order chi connectivity index (χ1) is 13.9. The molecule has 1 aromatic rings. The van der Waals surface area contributed by atoms with Gasteiger partial charge in [0.15, 0.2) is 0 Å². The van der Waals surface area contributed by atoms with Gasteiger partial charge in [0.1, 0.15) is 11.5 Å². The number of ether oxygens (including phenoxy) is 2. The van der Waals surface area contributed by atoms with Gasteiger partial charge in [-0.1, -0.05) is 0 Å². The number of hydrogen-bond donors (Lipinski definition) is 2. The number of anilines is 1. The monoisotopic (exact) mass is 441 g/mol. The molecule has 2 N–H and O–H groups in total. The van der Waals surface area contributed by atoms with Crippen molar-refractivity contribution in [3.8, 4) is 11.5 Å². The van der Waals surface area contributed by atoms with E-state index in [4.69, 9.17) is 9.47 Å². The molecular formula is C21H34ClN4O4-. The summed E-state index contributed by atoms with van der Waals surface area (Å²) >= 11 is 0. The quantitative estimate of drug-likeness (QED) is 0.463. The number of hydrogen-bond acceptors (Lipinski definition) is 6. The molecule has 1 aromatic carbocycles. The Morgan fingerprint density at radius 2 is 1.53 bits per heavy atom. The van der Waals surface area contributed by atoms with E-state index in [1.54, 1.807) is 6.07 Å². The fourth-order valence-electron chi connectivity index (χ4n) is 3.21. The molecule has 0 aliphatic carbocycles. The van der Waals surface area contributed by atoms with Gasteiger partial charge >= 0.3 is 0 Å². The third kappa shape index (κ3) is 8.77. The number of benzene rings is 1. The Balaban J connectivity index is 0.00000450. The molecule has 1 saturated heterocycles. The number of carbonyl (C=O) groups is 2. The van der Waals surface area contributed by atoms with E-state index in [1.807, 2.05) is 39.8 Å². The Bertz CT molecular complexity index is 679. The molecule has 0 aromatic heterocycles. The van der Waals surface area contributed by atoms with Crippen molar-refractivity contribution in [3.05, 3.63) is 18.2 Å². The van der Waals surface area contributed by atoms with Crippen LogP contribution in [0.2, 0.25) is 0 Å². The third-order valence-electron chi connectivity index (χ3n) is 4.48. The van der Waals surface area contributed by atoms with Gasteiger partial charge in [-0.25, -0.2) is 0 Å². The average Bonchev–Trinajstić information content (AvgIpc) is 2.65. The van der Waals surface area contributed by atoms with Gasteiger partial charge in [0.2, 0.25) is 11.8 Å². The van der Waals surface area contributed by atoms with Crippen molar-refractivity contribution in [1.29, 1.82) is 0 Å². The van der Waals surface area contributed by atoms with Crippen molar-refractivity contribution in [3.63, 3.8) is 0 Å². The molecule has 0 radical (unpaired) electrons. The standard InChI is InChI=1S/C21H34N4O4.ClH/c1-5-28-17-7-8-19(29-6-2)18(13-17)23-21(27)15-25-11-9-24(10-12-25)14-20(26)22-16(3)4;/h7-8,13,16H,5-6,9-12,14-15H2,1-4H3,(H,22,26)(H,23,27);1H/p-1. The zero-order valence-corrected chi connectivity index (χ0v) is 19.1. The Morgan fingerprint density at radius 1 is 0.967 bits per heavy atom. The molecule has 0 bridgehead atoms. The van der Waals surface area contributed by atoms with Crippen LogP contribution in [0.25, 0.3) is 0 Å². The first-order valence-corrected chi connectivity index (χ1v) is 10.3. The minimum absolute atomic E-state index is 0. The Kier molecular flexibility index (Phi) is 11.5. The van der Waals surface area contributed by atoms with Crippen LogP contribution in [0.5, 0.6) is 11.5 Å². The smallest absolute Gasteiger partial charge is 0.238 e. The molecule has 1 fully saturated rings. The maximum Gasteiger partial charge on any atom is 0.238 e.